The molecule has 0 spiro atoms. The largest absolute Gasteiger partial charge is 0.457 e. The lowest BCUT2D eigenvalue weighted by atomic mass is 10.0. The molecule has 0 fully saturated rings. The number of benzene rings is 2. The molecule has 154 valence electrons. The van der Waals surface area contributed by atoms with Crippen LogP contribution in [-0.2, 0) is 16.5 Å². The molecule has 28 heavy (non-hydrogen) atoms. The minimum absolute atomic E-state index is 0.142. The predicted molar refractivity (Wildman–Crippen MR) is 114 cm³/mol. The predicted octanol–water partition coefficient (Wildman–Crippen LogP) is 6.80. The van der Waals surface area contributed by atoms with Crippen molar-refractivity contribution in [2.75, 3.05) is 0 Å². The van der Waals surface area contributed by atoms with Crippen LogP contribution in [0.15, 0.2) is 53.4 Å². The van der Waals surface area contributed by atoms with Crippen LogP contribution < -0.4 is 4.74 Å². The highest BCUT2D eigenvalue weighted by atomic mass is 32.2. The molecule has 1 N–H and O–H groups in total. The smallest absolute Gasteiger partial charge is 0.294 e. The molecule has 4 nitrogen and oxygen atoms in total. The standard InChI is InChI=1S/C23H32O4S/c1-2-3-4-5-6-7-8-9-10-11-20-12-14-21(15-13-20)27-22-16-18-23(19-17-22)28(24,25)26/h12-19H,2-11H2,1H3,(H,24,25,26). The van der Waals surface area contributed by atoms with Gasteiger partial charge in [-0.05, 0) is 54.8 Å². The molecular weight excluding hydrogens is 372 g/mol. The molecule has 0 saturated carbocycles. The molecule has 2 aromatic carbocycles. The number of hydrogen-bond acceptors (Lipinski definition) is 3. The average Bonchev–Trinajstić information content (AvgIpc) is 2.68. The lowest BCUT2D eigenvalue weighted by Crippen LogP contribution is -1.97. The molecule has 0 heterocycles. The Balaban J connectivity index is 1.67. The molecule has 0 unspecified atom stereocenters. The maximum Gasteiger partial charge on any atom is 0.294 e. The van der Waals surface area contributed by atoms with Crippen molar-refractivity contribution in [2.45, 2.75) is 76.0 Å². The highest BCUT2D eigenvalue weighted by Gasteiger charge is 2.09. The third-order valence-electron chi connectivity index (χ3n) is 4.85. The summed E-state index contributed by atoms with van der Waals surface area (Å²) in [4.78, 5) is -0.142. The van der Waals surface area contributed by atoms with E-state index >= 15 is 0 Å². The number of unbranched alkanes of at least 4 members (excludes halogenated alkanes) is 8. The SMILES string of the molecule is CCCCCCCCCCCc1ccc(Oc2ccc(S(=O)(=O)O)cc2)cc1. The van der Waals surface area contributed by atoms with Crippen molar-refractivity contribution >= 4 is 10.1 Å². The molecule has 2 aromatic rings. The first-order valence-corrected chi connectivity index (χ1v) is 11.8. The van der Waals surface area contributed by atoms with E-state index in [0.717, 1.165) is 6.42 Å². The molecule has 0 aromatic heterocycles. The lowest BCUT2D eigenvalue weighted by Gasteiger charge is -2.08. The quantitative estimate of drug-likeness (QED) is 0.294. The minimum Gasteiger partial charge on any atom is -0.457 e. The van der Waals surface area contributed by atoms with E-state index in [1.165, 1.54) is 87.6 Å². The van der Waals surface area contributed by atoms with E-state index in [0.29, 0.717) is 11.5 Å². The van der Waals surface area contributed by atoms with Gasteiger partial charge >= 0.3 is 0 Å². The lowest BCUT2D eigenvalue weighted by molar-refractivity contribution is 0.478. The summed E-state index contributed by atoms with van der Waals surface area (Å²) >= 11 is 0. The second kappa shape index (κ2) is 11.9. The molecule has 0 aliphatic rings. The van der Waals surface area contributed by atoms with Gasteiger partial charge in [0.2, 0.25) is 0 Å². The monoisotopic (exact) mass is 404 g/mol. The second-order valence-corrected chi connectivity index (χ2v) is 8.69. The van der Waals surface area contributed by atoms with Gasteiger partial charge in [-0.2, -0.15) is 8.42 Å². The first-order valence-electron chi connectivity index (χ1n) is 10.3. The Bertz CT molecular complexity index is 780. The van der Waals surface area contributed by atoms with E-state index in [1.54, 1.807) is 0 Å². The van der Waals surface area contributed by atoms with Crippen LogP contribution in [0.5, 0.6) is 11.5 Å². The normalized spacial score (nSPS) is 11.5. The van der Waals surface area contributed by atoms with Gasteiger partial charge in [-0.3, -0.25) is 4.55 Å². The van der Waals surface area contributed by atoms with Crippen LogP contribution in [0.25, 0.3) is 0 Å². The van der Waals surface area contributed by atoms with E-state index in [9.17, 15) is 8.42 Å². The van der Waals surface area contributed by atoms with Crippen molar-refractivity contribution in [1.82, 2.24) is 0 Å². The molecule has 5 heteroatoms. The summed E-state index contributed by atoms with van der Waals surface area (Å²) in [7, 11) is -4.17. The van der Waals surface area contributed by atoms with E-state index in [-0.39, 0.29) is 4.90 Å². The molecule has 0 bridgehead atoms. The average molecular weight is 405 g/mol. The number of hydrogen-bond donors (Lipinski definition) is 1. The minimum atomic E-state index is -4.17. The molecule has 0 saturated heterocycles. The van der Waals surface area contributed by atoms with Gasteiger partial charge in [0, 0.05) is 0 Å². The Morgan fingerprint density at radius 1 is 0.714 bits per heavy atom. The first kappa shape index (κ1) is 22.4. The topological polar surface area (TPSA) is 63.6 Å². The van der Waals surface area contributed by atoms with Crippen LogP contribution in [0.4, 0.5) is 0 Å². The second-order valence-electron chi connectivity index (χ2n) is 7.27. The van der Waals surface area contributed by atoms with E-state index in [2.05, 4.69) is 19.1 Å². The Kier molecular flexibility index (Phi) is 9.51. The maximum absolute atomic E-state index is 11.1. The zero-order chi connectivity index (χ0) is 20.2. The van der Waals surface area contributed by atoms with E-state index < -0.39 is 10.1 Å². The summed E-state index contributed by atoms with van der Waals surface area (Å²) in [6, 6.07) is 13.7. The summed E-state index contributed by atoms with van der Waals surface area (Å²) < 4.78 is 36.8. The van der Waals surface area contributed by atoms with Gasteiger partial charge in [0.1, 0.15) is 11.5 Å². The van der Waals surface area contributed by atoms with Gasteiger partial charge < -0.3 is 4.74 Å². The Morgan fingerprint density at radius 3 is 1.68 bits per heavy atom. The Hall–Kier alpha value is -1.85. The van der Waals surface area contributed by atoms with Crippen LogP contribution in [-0.4, -0.2) is 13.0 Å². The highest BCUT2D eigenvalue weighted by Crippen LogP contribution is 2.23. The zero-order valence-corrected chi connectivity index (χ0v) is 17.6. The number of ether oxygens (including phenoxy) is 1. The molecule has 0 aliphatic carbocycles. The highest BCUT2D eigenvalue weighted by molar-refractivity contribution is 7.85. The molecule has 2 rings (SSSR count). The summed E-state index contributed by atoms with van der Waals surface area (Å²) in [5.74, 6) is 1.23. The summed E-state index contributed by atoms with van der Waals surface area (Å²) in [5.41, 5.74) is 1.30. The number of rotatable bonds is 13. The van der Waals surface area contributed by atoms with Crippen LogP contribution in [0.3, 0.4) is 0 Å². The molecule has 0 aliphatic heterocycles. The summed E-state index contributed by atoms with van der Waals surface area (Å²) in [6.07, 6.45) is 13.1. The summed E-state index contributed by atoms with van der Waals surface area (Å²) in [6.45, 7) is 2.25. The Morgan fingerprint density at radius 2 is 1.18 bits per heavy atom. The van der Waals surface area contributed by atoms with E-state index in [1.807, 2.05) is 12.1 Å². The van der Waals surface area contributed by atoms with Gasteiger partial charge in [0.15, 0.2) is 0 Å². The van der Waals surface area contributed by atoms with Gasteiger partial charge in [-0.1, -0.05) is 70.4 Å². The fraction of sp³-hybridized carbons (Fsp3) is 0.478. The van der Waals surface area contributed by atoms with Crippen molar-refractivity contribution in [3.05, 3.63) is 54.1 Å². The van der Waals surface area contributed by atoms with Crippen LogP contribution in [0, 0.1) is 0 Å². The fourth-order valence-corrected chi connectivity index (χ4v) is 3.66. The maximum atomic E-state index is 11.1. The van der Waals surface area contributed by atoms with Crippen LogP contribution in [0.1, 0.15) is 70.3 Å². The Labute approximate surface area is 169 Å². The fourth-order valence-electron chi connectivity index (χ4n) is 3.18. The van der Waals surface area contributed by atoms with Crippen molar-refractivity contribution < 1.29 is 17.7 Å². The van der Waals surface area contributed by atoms with Gasteiger partial charge in [0.05, 0.1) is 4.90 Å². The van der Waals surface area contributed by atoms with Crippen LogP contribution >= 0.6 is 0 Å². The summed E-state index contributed by atoms with van der Waals surface area (Å²) in [5, 5.41) is 0. The zero-order valence-electron chi connectivity index (χ0n) is 16.8. The van der Waals surface area contributed by atoms with Gasteiger partial charge in [-0.15, -0.1) is 0 Å². The molecule has 0 atom stereocenters. The number of aryl methyl sites for hydroxylation is 1. The van der Waals surface area contributed by atoms with Crippen molar-refractivity contribution in [3.8, 4) is 11.5 Å². The third kappa shape index (κ3) is 8.44. The van der Waals surface area contributed by atoms with Gasteiger partial charge in [-0.25, -0.2) is 0 Å². The van der Waals surface area contributed by atoms with Crippen molar-refractivity contribution in [2.24, 2.45) is 0 Å². The molecule has 0 radical (unpaired) electrons. The van der Waals surface area contributed by atoms with Gasteiger partial charge in [0.25, 0.3) is 10.1 Å². The third-order valence-corrected chi connectivity index (χ3v) is 5.72. The first-order chi connectivity index (χ1) is 13.5. The van der Waals surface area contributed by atoms with Crippen LogP contribution in [0.2, 0.25) is 0 Å². The van der Waals surface area contributed by atoms with Crippen molar-refractivity contribution in [3.63, 3.8) is 0 Å². The molecular formula is C23H32O4S. The van der Waals surface area contributed by atoms with E-state index in [4.69, 9.17) is 9.29 Å². The van der Waals surface area contributed by atoms with Crippen molar-refractivity contribution in [1.29, 1.82) is 0 Å². The molecule has 0 amide bonds.